The lowest BCUT2D eigenvalue weighted by Crippen LogP contribution is -2.15. The summed E-state index contributed by atoms with van der Waals surface area (Å²) in [5.41, 5.74) is 1.83. The summed E-state index contributed by atoms with van der Waals surface area (Å²) in [4.78, 5) is 26.8. The maximum Gasteiger partial charge on any atom is 0.414 e. The number of rotatable bonds is 6. The van der Waals surface area contributed by atoms with Crippen LogP contribution in [0, 0.1) is 0 Å². The van der Waals surface area contributed by atoms with E-state index in [1.54, 1.807) is 18.2 Å². The van der Waals surface area contributed by atoms with Crippen LogP contribution in [0.15, 0.2) is 60.9 Å². The molecule has 0 aliphatic carbocycles. The number of ether oxygens (including phenoxy) is 1. The van der Waals surface area contributed by atoms with Crippen molar-refractivity contribution in [3.63, 3.8) is 0 Å². The molecular formula is C18H16N4O4. The molecule has 132 valence electrons. The zero-order chi connectivity index (χ0) is 18.4. The van der Waals surface area contributed by atoms with Crippen LogP contribution in [0.4, 0.5) is 10.7 Å². The molecule has 2 aromatic carbocycles. The van der Waals surface area contributed by atoms with Crippen LogP contribution in [-0.4, -0.2) is 31.9 Å². The van der Waals surface area contributed by atoms with Crippen LogP contribution in [0.25, 0.3) is 0 Å². The van der Waals surface area contributed by atoms with Crippen molar-refractivity contribution in [1.29, 1.82) is 0 Å². The predicted octanol–water partition coefficient (Wildman–Crippen LogP) is 2.77. The van der Waals surface area contributed by atoms with Gasteiger partial charge in [0, 0.05) is 0 Å². The molecule has 0 atom stereocenters. The minimum atomic E-state index is -0.992. The van der Waals surface area contributed by atoms with Gasteiger partial charge in [-0.15, -0.1) is 5.10 Å². The number of hydrogen-bond donors (Lipinski definition) is 2. The minimum Gasteiger partial charge on any atom is -0.478 e. The minimum absolute atomic E-state index is 0.109. The summed E-state index contributed by atoms with van der Waals surface area (Å²) in [6.45, 7) is 0.476. The molecule has 8 heteroatoms. The van der Waals surface area contributed by atoms with Gasteiger partial charge in [-0.25, -0.2) is 19.3 Å². The molecule has 0 aliphatic heterocycles. The molecule has 0 bridgehead atoms. The van der Waals surface area contributed by atoms with Gasteiger partial charge in [0.25, 0.3) is 5.95 Å². The number of nitrogens with zero attached hydrogens (tertiary/aromatic N) is 3. The van der Waals surface area contributed by atoms with Crippen LogP contribution in [0.3, 0.4) is 0 Å². The van der Waals surface area contributed by atoms with E-state index in [1.807, 2.05) is 30.3 Å². The van der Waals surface area contributed by atoms with Crippen molar-refractivity contribution in [2.45, 2.75) is 13.2 Å². The van der Waals surface area contributed by atoms with Crippen LogP contribution in [-0.2, 0) is 17.9 Å². The first-order chi connectivity index (χ1) is 12.6. The van der Waals surface area contributed by atoms with Gasteiger partial charge >= 0.3 is 12.1 Å². The van der Waals surface area contributed by atoms with Crippen molar-refractivity contribution in [2.75, 3.05) is 5.32 Å². The van der Waals surface area contributed by atoms with E-state index in [9.17, 15) is 9.59 Å². The molecule has 26 heavy (non-hydrogen) atoms. The predicted molar refractivity (Wildman–Crippen MR) is 92.8 cm³/mol. The van der Waals surface area contributed by atoms with Gasteiger partial charge in [0.15, 0.2) is 0 Å². The highest BCUT2D eigenvalue weighted by atomic mass is 16.5. The fraction of sp³-hybridized carbons (Fsp3) is 0.111. The second kappa shape index (κ2) is 7.93. The Morgan fingerprint density at radius 2 is 1.85 bits per heavy atom. The number of carbonyl (C=O) groups excluding carboxylic acids is 1. The van der Waals surface area contributed by atoms with Gasteiger partial charge < -0.3 is 9.84 Å². The van der Waals surface area contributed by atoms with E-state index >= 15 is 0 Å². The summed E-state index contributed by atoms with van der Waals surface area (Å²) < 4.78 is 6.59. The van der Waals surface area contributed by atoms with Crippen molar-refractivity contribution in [1.82, 2.24) is 14.8 Å². The van der Waals surface area contributed by atoms with Gasteiger partial charge in [0.2, 0.25) is 0 Å². The van der Waals surface area contributed by atoms with E-state index in [-0.39, 0.29) is 18.1 Å². The van der Waals surface area contributed by atoms with Crippen molar-refractivity contribution >= 4 is 18.0 Å². The van der Waals surface area contributed by atoms with Crippen LogP contribution >= 0.6 is 0 Å². The third-order valence-corrected chi connectivity index (χ3v) is 3.48. The lowest BCUT2D eigenvalue weighted by molar-refractivity contribution is 0.0696. The quantitative estimate of drug-likeness (QED) is 0.706. The smallest absolute Gasteiger partial charge is 0.414 e. The first-order valence-corrected chi connectivity index (χ1v) is 7.79. The highest BCUT2D eigenvalue weighted by Gasteiger charge is 2.09. The normalized spacial score (nSPS) is 10.3. The van der Waals surface area contributed by atoms with Crippen molar-refractivity contribution in [3.8, 4) is 0 Å². The Morgan fingerprint density at radius 3 is 2.62 bits per heavy atom. The zero-order valence-corrected chi connectivity index (χ0v) is 13.7. The third-order valence-electron chi connectivity index (χ3n) is 3.48. The van der Waals surface area contributed by atoms with Gasteiger partial charge in [-0.05, 0) is 23.3 Å². The molecule has 2 N–H and O–H groups in total. The molecule has 0 saturated heterocycles. The Balaban J connectivity index is 1.55. The summed E-state index contributed by atoms with van der Waals surface area (Å²) in [6, 6.07) is 15.8. The summed E-state index contributed by atoms with van der Waals surface area (Å²) in [6.07, 6.45) is 0.791. The number of aromatic carboxylic acids is 1. The number of nitrogens with one attached hydrogen (secondary N) is 1. The fourth-order valence-electron chi connectivity index (χ4n) is 2.27. The summed E-state index contributed by atoms with van der Waals surface area (Å²) in [5.74, 6) is -0.883. The lowest BCUT2D eigenvalue weighted by Gasteiger charge is -2.04. The number of anilines is 1. The number of amides is 1. The van der Waals surface area contributed by atoms with Gasteiger partial charge in [-0.3, -0.25) is 5.32 Å². The molecule has 0 aliphatic rings. The largest absolute Gasteiger partial charge is 0.478 e. The molecule has 0 saturated carbocycles. The summed E-state index contributed by atoms with van der Waals surface area (Å²) in [7, 11) is 0. The highest BCUT2D eigenvalue weighted by molar-refractivity contribution is 5.87. The van der Waals surface area contributed by atoms with Crippen LogP contribution in [0.2, 0.25) is 0 Å². The van der Waals surface area contributed by atoms with Crippen LogP contribution in [0.5, 0.6) is 0 Å². The summed E-state index contributed by atoms with van der Waals surface area (Å²) >= 11 is 0. The zero-order valence-electron chi connectivity index (χ0n) is 13.7. The Bertz CT molecular complexity index is 908. The first-order valence-electron chi connectivity index (χ1n) is 7.79. The average Bonchev–Trinajstić information content (AvgIpc) is 3.08. The van der Waals surface area contributed by atoms with E-state index in [1.165, 1.54) is 17.1 Å². The van der Waals surface area contributed by atoms with E-state index in [0.29, 0.717) is 6.54 Å². The Kier molecular flexibility index (Phi) is 5.23. The Labute approximate surface area is 149 Å². The molecule has 3 rings (SSSR count). The molecule has 3 aromatic rings. The Hall–Kier alpha value is -3.68. The third kappa shape index (κ3) is 4.67. The SMILES string of the molecule is O=C(Nc1ncn(Cc2cccc(C(=O)O)c2)n1)OCc1ccccc1. The number of aromatic nitrogens is 3. The number of carboxylic acid groups (broad SMARTS) is 1. The van der Waals surface area contributed by atoms with Crippen molar-refractivity contribution in [2.24, 2.45) is 0 Å². The Morgan fingerprint density at radius 1 is 1.08 bits per heavy atom. The molecule has 1 heterocycles. The number of benzene rings is 2. The lowest BCUT2D eigenvalue weighted by atomic mass is 10.1. The van der Waals surface area contributed by atoms with E-state index in [2.05, 4.69) is 15.4 Å². The average molecular weight is 352 g/mol. The molecule has 0 fully saturated rings. The highest BCUT2D eigenvalue weighted by Crippen LogP contribution is 2.08. The van der Waals surface area contributed by atoms with Crippen LogP contribution < -0.4 is 5.32 Å². The molecule has 0 unspecified atom stereocenters. The topological polar surface area (TPSA) is 106 Å². The second-order valence-corrected chi connectivity index (χ2v) is 5.46. The standard InChI is InChI=1S/C18H16N4O4/c23-16(24)15-8-4-7-14(9-15)10-22-12-19-17(21-22)20-18(25)26-11-13-5-2-1-3-6-13/h1-9,12H,10-11H2,(H,23,24)(H,20,21,25). The summed E-state index contributed by atoms with van der Waals surface area (Å²) in [5, 5.41) is 15.6. The number of hydrogen-bond acceptors (Lipinski definition) is 5. The van der Waals surface area contributed by atoms with Gasteiger partial charge in [0.1, 0.15) is 12.9 Å². The maximum atomic E-state index is 11.8. The molecule has 0 spiro atoms. The molecule has 0 radical (unpaired) electrons. The van der Waals surface area contributed by atoms with E-state index < -0.39 is 12.1 Å². The van der Waals surface area contributed by atoms with Gasteiger partial charge in [-0.1, -0.05) is 42.5 Å². The molecule has 1 amide bonds. The van der Waals surface area contributed by atoms with Crippen molar-refractivity contribution in [3.05, 3.63) is 77.6 Å². The second-order valence-electron chi connectivity index (χ2n) is 5.46. The van der Waals surface area contributed by atoms with Crippen molar-refractivity contribution < 1.29 is 19.4 Å². The fourth-order valence-corrected chi connectivity index (χ4v) is 2.27. The monoisotopic (exact) mass is 352 g/mol. The van der Waals surface area contributed by atoms with Gasteiger partial charge in [-0.2, -0.15) is 0 Å². The molecule has 8 nitrogen and oxygen atoms in total. The van der Waals surface area contributed by atoms with Crippen LogP contribution in [0.1, 0.15) is 21.5 Å². The molecule has 1 aromatic heterocycles. The number of carboxylic acids is 1. The first kappa shape index (κ1) is 17.2. The molecular weight excluding hydrogens is 336 g/mol. The van der Waals surface area contributed by atoms with Gasteiger partial charge in [0.05, 0.1) is 12.1 Å². The van der Waals surface area contributed by atoms with E-state index in [4.69, 9.17) is 9.84 Å². The number of carbonyl (C=O) groups is 2. The van der Waals surface area contributed by atoms with E-state index in [0.717, 1.165) is 11.1 Å². The maximum absolute atomic E-state index is 11.8.